The number of aromatic nitrogens is 4. The molecule has 0 N–H and O–H groups in total. The minimum absolute atomic E-state index is 0. The van der Waals surface area contributed by atoms with Crippen LogP contribution in [0.15, 0.2) is 152 Å². The number of imidazole rings is 1. The fourth-order valence-electron chi connectivity index (χ4n) is 5.56. The molecule has 0 saturated carbocycles. The zero-order chi connectivity index (χ0) is 33.6. The van der Waals surface area contributed by atoms with Crippen LogP contribution in [0.5, 0.6) is 0 Å². The molecule has 5 aromatic carbocycles. The molecule has 8 heteroatoms. The van der Waals surface area contributed by atoms with Crippen molar-refractivity contribution in [3.8, 4) is 50.7 Å². The van der Waals surface area contributed by atoms with Crippen molar-refractivity contribution in [1.29, 1.82) is 0 Å². The summed E-state index contributed by atoms with van der Waals surface area (Å²) in [4.78, 5) is 14.0. The van der Waals surface area contributed by atoms with E-state index >= 15 is 0 Å². The summed E-state index contributed by atoms with van der Waals surface area (Å²) in [5, 5.41) is 1.40. The summed E-state index contributed by atoms with van der Waals surface area (Å²) >= 11 is 0. The van der Waals surface area contributed by atoms with Crippen LogP contribution in [0.2, 0.25) is 19.6 Å². The van der Waals surface area contributed by atoms with E-state index < -0.39 is 8.07 Å². The third-order valence-electron chi connectivity index (χ3n) is 8.22. The number of hydrogen-bond acceptors (Lipinski definition) is 3. The van der Waals surface area contributed by atoms with Gasteiger partial charge in [-0.15, -0.1) is 48.0 Å². The Labute approximate surface area is 348 Å². The van der Waals surface area contributed by atoms with Crippen molar-refractivity contribution in [3.05, 3.63) is 176 Å². The van der Waals surface area contributed by atoms with Crippen LogP contribution in [-0.2, 0) is 52.8 Å². The number of rotatable bonds is 6. The molecular formula is C44H34BIrN4SiY-4. The van der Waals surface area contributed by atoms with E-state index in [2.05, 4.69) is 88.9 Å². The largest absolute Gasteiger partial charge is 0.374 e. The molecule has 52 heavy (non-hydrogen) atoms. The molecule has 8 aromatic rings. The van der Waals surface area contributed by atoms with Gasteiger partial charge in [-0.05, 0) is 58.4 Å². The zero-order valence-electron chi connectivity index (χ0n) is 29.2. The molecular weight excluding hydrogens is 905 g/mol. The SMILES string of the molecule is C[Si](C)(C)c1ccc(-c2[c-]cccc2)nc1.[B].[Ir].[Y].[c-]1ccc(-c2[c-]nc(-c3ccccc3)cc2)[c-]c1-c1nc2ccccc2n1-c1ccccc1. The van der Waals surface area contributed by atoms with Crippen LogP contribution >= 0.6 is 0 Å². The van der Waals surface area contributed by atoms with Crippen LogP contribution in [0.3, 0.4) is 0 Å². The predicted octanol–water partition coefficient (Wildman–Crippen LogP) is 9.53. The smallest absolute Gasteiger partial charge is 0.0795 e. The molecule has 0 unspecified atom stereocenters. The maximum atomic E-state index is 4.92. The second-order valence-electron chi connectivity index (χ2n) is 12.7. The van der Waals surface area contributed by atoms with Gasteiger partial charge in [-0.2, -0.15) is 5.56 Å². The summed E-state index contributed by atoms with van der Waals surface area (Å²) in [6.07, 6.45) is 5.20. The minimum Gasteiger partial charge on any atom is -0.374 e. The van der Waals surface area contributed by atoms with Crippen molar-refractivity contribution in [2.75, 3.05) is 0 Å². The normalized spacial score (nSPS) is 10.5. The molecule has 0 aliphatic carbocycles. The Bertz CT molecular complexity index is 2290. The number of pyridine rings is 2. The fraction of sp³-hybridized carbons (Fsp3) is 0.0682. The molecule has 0 bridgehead atoms. The molecule has 5 radical (unpaired) electrons. The van der Waals surface area contributed by atoms with Crippen molar-refractivity contribution in [2.24, 2.45) is 0 Å². The first-order valence-electron chi connectivity index (χ1n) is 16.3. The van der Waals surface area contributed by atoms with Crippen LogP contribution in [0.1, 0.15) is 0 Å². The Kier molecular flexibility index (Phi) is 14.5. The second-order valence-corrected chi connectivity index (χ2v) is 17.7. The van der Waals surface area contributed by atoms with Crippen LogP contribution in [-0.4, -0.2) is 36.0 Å². The molecule has 4 nitrogen and oxygen atoms in total. The quantitative estimate of drug-likeness (QED) is 0.123. The first-order chi connectivity index (χ1) is 23.9. The zero-order valence-corrected chi connectivity index (χ0v) is 35.4. The Hall–Kier alpha value is -4.09. The molecule has 3 aromatic heterocycles. The van der Waals surface area contributed by atoms with E-state index in [1.807, 2.05) is 121 Å². The van der Waals surface area contributed by atoms with E-state index in [0.717, 1.165) is 61.8 Å². The van der Waals surface area contributed by atoms with E-state index in [0.29, 0.717) is 0 Å². The molecule has 0 aliphatic rings. The summed E-state index contributed by atoms with van der Waals surface area (Å²) in [5.74, 6) is 0.804. The standard InChI is InChI=1S/C30H18N3.C14H16NSi.B.Ir.Y/c1-3-10-22(11-4-1)27-19-18-25(21-31-27)23-12-9-13-24(20-23)30-32-28-16-7-8-17-29(28)33(30)26-14-5-2-6-15-26;1-16(2,3)13-9-10-14(15-11-13)12-7-5-4-6-8-12;;;/h1-12,14-19H;4-7,9-11H,1-3H3;;;/q-3;-1;;;. The molecule has 8 rings (SSSR count). The van der Waals surface area contributed by atoms with E-state index in [-0.39, 0.29) is 61.2 Å². The van der Waals surface area contributed by atoms with Gasteiger partial charge in [-0.25, -0.2) is 6.07 Å². The van der Waals surface area contributed by atoms with Crippen LogP contribution in [0, 0.1) is 24.4 Å². The van der Waals surface area contributed by atoms with E-state index in [4.69, 9.17) is 4.98 Å². The van der Waals surface area contributed by atoms with Crippen molar-refractivity contribution in [1.82, 2.24) is 19.5 Å². The fourth-order valence-corrected chi connectivity index (χ4v) is 6.59. The van der Waals surface area contributed by atoms with Gasteiger partial charge in [0.15, 0.2) is 0 Å². The Morgan fingerprint density at radius 1 is 0.615 bits per heavy atom. The Morgan fingerprint density at radius 2 is 1.31 bits per heavy atom. The van der Waals surface area contributed by atoms with Crippen molar-refractivity contribution in [2.45, 2.75) is 19.6 Å². The van der Waals surface area contributed by atoms with Crippen molar-refractivity contribution >= 4 is 32.7 Å². The topological polar surface area (TPSA) is 43.6 Å². The summed E-state index contributed by atoms with van der Waals surface area (Å²) in [6, 6.07) is 58.7. The molecule has 3 heterocycles. The Balaban J connectivity index is 0.000000272. The first-order valence-corrected chi connectivity index (χ1v) is 19.8. The van der Waals surface area contributed by atoms with Crippen molar-refractivity contribution < 1.29 is 52.8 Å². The number of nitrogens with zero attached hydrogens (tertiary/aromatic N) is 4. The number of para-hydroxylation sites is 3. The van der Waals surface area contributed by atoms with E-state index in [1.54, 1.807) is 0 Å². The van der Waals surface area contributed by atoms with Gasteiger partial charge in [-0.1, -0.05) is 92.4 Å². The second kappa shape index (κ2) is 18.6. The Morgan fingerprint density at radius 3 is 1.96 bits per heavy atom. The molecule has 0 saturated heterocycles. The number of hydrogen-bond donors (Lipinski definition) is 0. The number of fused-ring (bicyclic) bond motifs is 1. The average molecular weight is 939 g/mol. The first kappa shape index (κ1) is 40.7. The maximum absolute atomic E-state index is 4.92. The number of benzene rings is 5. The van der Waals surface area contributed by atoms with E-state index in [9.17, 15) is 0 Å². The van der Waals surface area contributed by atoms with Crippen molar-refractivity contribution in [3.63, 3.8) is 0 Å². The van der Waals surface area contributed by atoms with Gasteiger partial charge < -0.3 is 25.6 Å². The van der Waals surface area contributed by atoms with Crippen LogP contribution in [0.4, 0.5) is 0 Å². The monoisotopic (exact) mass is 939 g/mol. The van der Waals surface area contributed by atoms with E-state index in [1.165, 1.54) is 5.19 Å². The van der Waals surface area contributed by atoms with Crippen LogP contribution < -0.4 is 5.19 Å². The summed E-state index contributed by atoms with van der Waals surface area (Å²) in [7, 11) is -1.23. The van der Waals surface area contributed by atoms with Gasteiger partial charge in [0.25, 0.3) is 0 Å². The van der Waals surface area contributed by atoms with Gasteiger partial charge in [0.05, 0.1) is 19.1 Å². The van der Waals surface area contributed by atoms with Gasteiger partial charge in [0.1, 0.15) is 0 Å². The molecule has 0 amide bonds. The molecule has 253 valence electrons. The summed E-state index contributed by atoms with van der Waals surface area (Å²) in [5.41, 5.74) is 9.65. The molecule has 0 aliphatic heterocycles. The van der Waals surface area contributed by atoms with Gasteiger partial charge in [0, 0.05) is 73.1 Å². The molecule has 0 spiro atoms. The van der Waals surface area contributed by atoms with Gasteiger partial charge in [0.2, 0.25) is 0 Å². The van der Waals surface area contributed by atoms with Gasteiger partial charge in [-0.3, -0.25) is 23.3 Å². The summed E-state index contributed by atoms with van der Waals surface area (Å²) in [6.45, 7) is 7.00. The summed E-state index contributed by atoms with van der Waals surface area (Å²) < 4.78 is 2.15. The third-order valence-corrected chi connectivity index (χ3v) is 10.2. The average Bonchev–Trinajstić information content (AvgIpc) is 3.56. The van der Waals surface area contributed by atoms with Crippen LogP contribution in [0.25, 0.3) is 61.8 Å². The van der Waals surface area contributed by atoms with Gasteiger partial charge >= 0.3 is 0 Å². The third kappa shape index (κ3) is 9.46. The predicted molar refractivity (Wildman–Crippen MR) is 209 cm³/mol. The molecule has 0 atom stereocenters. The minimum atomic E-state index is -1.23. The molecule has 0 fully saturated rings. The maximum Gasteiger partial charge on any atom is 0.0795 e.